The molecule has 17 heteroatoms. The Hall–Kier alpha value is -4.41. The van der Waals surface area contributed by atoms with Gasteiger partial charge in [0.25, 0.3) is 5.56 Å². The molecule has 2 atom stereocenters. The number of aromatic nitrogens is 4. The van der Waals surface area contributed by atoms with Crippen LogP contribution in [-0.4, -0.2) is 100 Å². The van der Waals surface area contributed by atoms with Gasteiger partial charge in [-0.05, 0) is 56.5 Å². The van der Waals surface area contributed by atoms with Crippen LogP contribution in [0.2, 0.25) is 0 Å². The molecule has 0 N–H and O–H groups in total. The molecule has 50 heavy (non-hydrogen) atoms. The SMILES string of the molecule is COc1ccc(Cn2nc(N3C[C@@H](N4CCCC4)C[C@H]3CCC(=O)N3CCN(c4ncc(C(F)(F)F)cn4)CC3)cc(C(F)(F)F)c2=O)cc1. The van der Waals surface area contributed by atoms with Gasteiger partial charge in [-0.3, -0.25) is 14.5 Å². The van der Waals surface area contributed by atoms with E-state index in [2.05, 4.69) is 20.0 Å². The largest absolute Gasteiger partial charge is 0.497 e. The van der Waals surface area contributed by atoms with Gasteiger partial charge in [0.05, 0.1) is 19.2 Å². The lowest BCUT2D eigenvalue weighted by Crippen LogP contribution is -2.49. The number of nitrogens with zero attached hydrogens (tertiary/aromatic N) is 8. The van der Waals surface area contributed by atoms with Gasteiger partial charge in [-0.2, -0.15) is 31.4 Å². The van der Waals surface area contributed by atoms with Crippen molar-refractivity contribution < 1.29 is 35.9 Å². The monoisotopic (exact) mass is 708 g/mol. The zero-order valence-corrected chi connectivity index (χ0v) is 27.5. The number of halogens is 6. The second-order valence-electron chi connectivity index (χ2n) is 12.8. The second-order valence-corrected chi connectivity index (χ2v) is 12.8. The fraction of sp³-hybridized carbons (Fsp3) is 0.545. The van der Waals surface area contributed by atoms with Crippen LogP contribution in [0.25, 0.3) is 0 Å². The highest BCUT2D eigenvalue weighted by atomic mass is 19.4. The molecule has 5 heterocycles. The Morgan fingerprint density at radius 2 is 1.58 bits per heavy atom. The van der Waals surface area contributed by atoms with Crippen LogP contribution in [0.3, 0.4) is 0 Å². The summed E-state index contributed by atoms with van der Waals surface area (Å²) in [6.45, 7) is 3.32. The average Bonchev–Trinajstić information content (AvgIpc) is 3.79. The second kappa shape index (κ2) is 14.4. The van der Waals surface area contributed by atoms with Crippen LogP contribution in [0.5, 0.6) is 5.75 Å². The van der Waals surface area contributed by atoms with Gasteiger partial charge in [-0.25, -0.2) is 14.6 Å². The molecule has 0 aliphatic carbocycles. The summed E-state index contributed by atoms with van der Waals surface area (Å²) in [6, 6.07) is 7.23. The number of alkyl halides is 6. The van der Waals surface area contributed by atoms with E-state index in [9.17, 15) is 35.9 Å². The minimum atomic E-state index is -4.90. The number of carbonyl (C=O) groups is 1. The molecule has 1 aromatic carbocycles. The van der Waals surface area contributed by atoms with Gasteiger partial charge < -0.3 is 19.4 Å². The maximum atomic E-state index is 14.2. The number of methoxy groups -OCH3 is 1. The third kappa shape index (κ3) is 7.97. The fourth-order valence-corrected chi connectivity index (χ4v) is 6.93. The van der Waals surface area contributed by atoms with Crippen molar-refractivity contribution in [3.8, 4) is 5.75 Å². The van der Waals surface area contributed by atoms with Crippen LogP contribution in [0.15, 0.2) is 47.5 Å². The Kier molecular flexibility index (Phi) is 10.2. The summed E-state index contributed by atoms with van der Waals surface area (Å²) in [5, 5.41) is 4.46. The van der Waals surface area contributed by atoms with Crippen molar-refractivity contribution in [2.24, 2.45) is 0 Å². The zero-order chi connectivity index (χ0) is 35.6. The van der Waals surface area contributed by atoms with Gasteiger partial charge in [0.15, 0.2) is 0 Å². The standard InChI is InChI=1S/C33H38F6N8O3/c1-50-26-7-4-22(5-8-26)20-47-30(49)27(33(37,38)39)17-28(42-47)46-21-25(43-10-2-3-11-43)16-24(46)6-9-29(48)44-12-14-45(15-13-44)31-40-18-23(19-41-31)32(34,35)36/h4-5,7-8,17-19,24-25H,2-3,6,9-16,20-21H2,1H3/t24-,25+/m1/s1. The molecule has 3 aliphatic rings. The molecule has 3 fully saturated rings. The number of anilines is 2. The quantitative estimate of drug-likeness (QED) is 0.302. The lowest BCUT2D eigenvalue weighted by Gasteiger charge is -2.35. The summed E-state index contributed by atoms with van der Waals surface area (Å²) in [4.78, 5) is 41.6. The van der Waals surface area contributed by atoms with Crippen molar-refractivity contribution in [2.45, 2.75) is 63.1 Å². The van der Waals surface area contributed by atoms with Crippen molar-refractivity contribution in [1.29, 1.82) is 0 Å². The van der Waals surface area contributed by atoms with Crippen molar-refractivity contribution in [1.82, 2.24) is 29.5 Å². The van der Waals surface area contributed by atoms with Crippen molar-refractivity contribution in [2.75, 3.05) is 62.7 Å². The Bertz CT molecular complexity index is 1690. The minimum Gasteiger partial charge on any atom is -0.497 e. The molecule has 3 saturated heterocycles. The fourth-order valence-electron chi connectivity index (χ4n) is 6.93. The van der Waals surface area contributed by atoms with Crippen molar-refractivity contribution >= 4 is 17.7 Å². The minimum absolute atomic E-state index is 0.0368. The molecule has 0 saturated carbocycles. The lowest BCUT2D eigenvalue weighted by molar-refractivity contribution is -0.139. The highest BCUT2D eigenvalue weighted by Gasteiger charge is 2.41. The molecule has 0 radical (unpaired) electrons. The third-order valence-electron chi connectivity index (χ3n) is 9.67. The number of benzene rings is 1. The lowest BCUT2D eigenvalue weighted by atomic mass is 10.1. The van der Waals surface area contributed by atoms with Crippen molar-refractivity contribution in [3.63, 3.8) is 0 Å². The van der Waals surface area contributed by atoms with Crippen LogP contribution in [-0.2, 0) is 23.7 Å². The molecule has 6 rings (SSSR count). The highest BCUT2D eigenvalue weighted by molar-refractivity contribution is 5.76. The first kappa shape index (κ1) is 35.4. The number of rotatable bonds is 9. The Labute approximate surface area is 284 Å². The van der Waals surface area contributed by atoms with E-state index in [4.69, 9.17) is 4.74 Å². The van der Waals surface area contributed by atoms with E-state index in [1.165, 1.54) is 7.11 Å². The predicted molar refractivity (Wildman–Crippen MR) is 171 cm³/mol. The summed E-state index contributed by atoms with van der Waals surface area (Å²) >= 11 is 0. The van der Waals surface area contributed by atoms with E-state index in [1.807, 2.05) is 4.90 Å². The van der Waals surface area contributed by atoms with E-state index >= 15 is 0 Å². The van der Waals surface area contributed by atoms with Crippen LogP contribution >= 0.6 is 0 Å². The molecule has 0 bridgehead atoms. The van der Waals surface area contributed by atoms with E-state index in [0.717, 1.165) is 49.1 Å². The van der Waals surface area contributed by atoms with Crippen LogP contribution in [0, 0.1) is 0 Å². The average molecular weight is 709 g/mol. The highest BCUT2D eigenvalue weighted by Crippen LogP contribution is 2.34. The number of hydrogen-bond donors (Lipinski definition) is 0. The molecular weight excluding hydrogens is 670 g/mol. The Morgan fingerprint density at radius 1 is 0.920 bits per heavy atom. The number of likely N-dealkylation sites (tertiary alicyclic amines) is 1. The molecule has 3 aromatic rings. The van der Waals surface area contributed by atoms with E-state index in [1.54, 1.807) is 34.1 Å². The predicted octanol–water partition coefficient (Wildman–Crippen LogP) is 4.30. The van der Waals surface area contributed by atoms with Gasteiger partial charge in [0.1, 0.15) is 17.1 Å². The van der Waals surface area contributed by atoms with Crippen molar-refractivity contribution in [3.05, 3.63) is 69.8 Å². The van der Waals surface area contributed by atoms with Gasteiger partial charge in [-0.15, -0.1) is 0 Å². The van der Waals surface area contributed by atoms with Crippen LogP contribution in [0.4, 0.5) is 38.1 Å². The van der Waals surface area contributed by atoms with E-state index < -0.39 is 29.0 Å². The molecule has 0 spiro atoms. The van der Waals surface area contributed by atoms with Crippen LogP contribution in [0.1, 0.15) is 48.8 Å². The van der Waals surface area contributed by atoms with Gasteiger partial charge >= 0.3 is 12.4 Å². The Morgan fingerprint density at radius 3 is 2.18 bits per heavy atom. The topological polar surface area (TPSA) is 99.9 Å². The summed E-state index contributed by atoms with van der Waals surface area (Å²) in [6.07, 6.45) is -4.76. The maximum Gasteiger partial charge on any atom is 0.421 e. The number of hydrogen-bond acceptors (Lipinski definition) is 9. The van der Waals surface area contributed by atoms with Gasteiger partial charge in [0.2, 0.25) is 11.9 Å². The first-order chi connectivity index (χ1) is 23.8. The summed E-state index contributed by atoms with van der Waals surface area (Å²) < 4.78 is 87.4. The maximum absolute atomic E-state index is 14.2. The Balaban J connectivity index is 1.17. The van der Waals surface area contributed by atoms with Crippen LogP contribution < -0.4 is 20.1 Å². The van der Waals surface area contributed by atoms with Gasteiger partial charge in [-0.1, -0.05) is 12.1 Å². The number of amides is 1. The van der Waals surface area contributed by atoms with E-state index in [-0.39, 0.29) is 42.7 Å². The first-order valence-electron chi connectivity index (χ1n) is 16.5. The summed E-state index contributed by atoms with van der Waals surface area (Å²) in [5.74, 6) is 0.626. The smallest absolute Gasteiger partial charge is 0.421 e. The normalized spacial score (nSPS) is 20.5. The molecule has 270 valence electrons. The van der Waals surface area contributed by atoms with E-state index in [0.29, 0.717) is 56.9 Å². The molecule has 11 nitrogen and oxygen atoms in total. The first-order valence-corrected chi connectivity index (χ1v) is 16.5. The summed E-state index contributed by atoms with van der Waals surface area (Å²) in [7, 11) is 1.50. The molecular formula is C33H38F6N8O3. The third-order valence-corrected chi connectivity index (χ3v) is 9.67. The molecule has 2 aromatic heterocycles. The zero-order valence-electron chi connectivity index (χ0n) is 27.5. The number of ether oxygens (including phenoxy) is 1. The summed E-state index contributed by atoms with van der Waals surface area (Å²) in [5.41, 5.74) is -2.90. The number of piperazine rings is 1. The van der Waals surface area contributed by atoms with Gasteiger partial charge in [0, 0.05) is 69.7 Å². The number of carbonyl (C=O) groups excluding carboxylic acids is 1. The molecule has 3 aliphatic heterocycles. The molecule has 1 amide bonds. The molecule has 0 unspecified atom stereocenters.